The van der Waals surface area contributed by atoms with E-state index < -0.39 is 23.4 Å². The van der Waals surface area contributed by atoms with Crippen molar-refractivity contribution in [3.05, 3.63) is 65.0 Å². The Balaban J connectivity index is 1.77. The van der Waals surface area contributed by atoms with Gasteiger partial charge in [-0.3, -0.25) is 0 Å². The summed E-state index contributed by atoms with van der Waals surface area (Å²) >= 11 is 0. The number of carbonyl (C=O) groups is 1. The lowest BCUT2D eigenvalue weighted by molar-refractivity contribution is 0.0733. The number of esters is 1. The molecule has 2 aromatic rings. The van der Waals surface area contributed by atoms with E-state index in [9.17, 15) is 18.0 Å². The van der Waals surface area contributed by atoms with Gasteiger partial charge in [0.1, 0.15) is 5.75 Å². The molecule has 26 heavy (non-hydrogen) atoms. The van der Waals surface area contributed by atoms with Crippen molar-refractivity contribution in [2.45, 2.75) is 50.9 Å². The average Bonchev–Trinajstić information content (AvgIpc) is 2.66. The molecular weight excluding hydrogens is 341 g/mol. The summed E-state index contributed by atoms with van der Waals surface area (Å²) in [6, 6.07) is 8.49. The van der Waals surface area contributed by atoms with Crippen molar-refractivity contribution in [2.75, 3.05) is 0 Å². The van der Waals surface area contributed by atoms with Crippen LogP contribution in [0.4, 0.5) is 13.2 Å². The lowest BCUT2D eigenvalue weighted by atomic mass is 9.68. The first-order chi connectivity index (χ1) is 12.4. The molecule has 5 heteroatoms. The number of carbonyl (C=O) groups excluding carboxylic acids is 1. The highest BCUT2D eigenvalue weighted by molar-refractivity contribution is 5.91. The summed E-state index contributed by atoms with van der Waals surface area (Å²) in [5, 5.41) is 0. The number of rotatable bonds is 4. The fourth-order valence-electron chi connectivity index (χ4n) is 3.79. The van der Waals surface area contributed by atoms with Crippen molar-refractivity contribution >= 4 is 5.97 Å². The molecule has 2 nitrogen and oxygen atoms in total. The summed E-state index contributed by atoms with van der Waals surface area (Å²) in [6.45, 7) is 2.19. The molecule has 2 aromatic carbocycles. The number of benzene rings is 2. The van der Waals surface area contributed by atoms with Gasteiger partial charge in [-0.05, 0) is 42.4 Å². The third kappa shape index (κ3) is 3.62. The van der Waals surface area contributed by atoms with Crippen LogP contribution in [0.25, 0.3) is 0 Å². The van der Waals surface area contributed by atoms with Crippen LogP contribution in [0.5, 0.6) is 5.75 Å². The second-order valence-electron chi connectivity index (χ2n) is 6.86. The van der Waals surface area contributed by atoms with E-state index in [1.165, 1.54) is 24.8 Å². The van der Waals surface area contributed by atoms with Crippen LogP contribution in [0.15, 0.2) is 36.4 Å². The molecule has 0 heterocycles. The van der Waals surface area contributed by atoms with Crippen molar-refractivity contribution in [2.24, 2.45) is 0 Å². The molecule has 0 unspecified atom stereocenters. The van der Waals surface area contributed by atoms with Crippen LogP contribution in [-0.2, 0) is 5.41 Å². The normalized spacial score (nSPS) is 16.3. The van der Waals surface area contributed by atoms with E-state index >= 15 is 0 Å². The van der Waals surface area contributed by atoms with Gasteiger partial charge in [0, 0.05) is 12.1 Å². The fraction of sp³-hybridized carbons (Fsp3) is 0.381. The lowest BCUT2D eigenvalue weighted by Gasteiger charge is -2.37. The van der Waals surface area contributed by atoms with E-state index in [-0.39, 0.29) is 16.7 Å². The maximum Gasteiger partial charge on any atom is 0.343 e. The van der Waals surface area contributed by atoms with Crippen LogP contribution in [0.3, 0.4) is 0 Å². The Hall–Kier alpha value is -2.30. The Kier molecular flexibility index (Phi) is 5.35. The van der Waals surface area contributed by atoms with Gasteiger partial charge in [0.2, 0.25) is 0 Å². The standard InChI is InChI=1S/C21H21F3O2/c1-2-21(10-4-3-5-11-21)15-8-6-14(7-9-15)20(25)26-16-12-17(22)19(24)18(23)13-16/h6-9,12-13H,2-5,10-11H2,1H3. The minimum absolute atomic E-state index is 0.157. The van der Waals surface area contributed by atoms with Gasteiger partial charge in [-0.2, -0.15) is 0 Å². The van der Waals surface area contributed by atoms with Crippen LogP contribution in [0.2, 0.25) is 0 Å². The van der Waals surface area contributed by atoms with Crippen LogP contribution >= 0.6 is 0 Å². The highest BCUT2D eigenvalue weighted by atomic mass is 19.2. The summed E-state index contributed by atoms with van der Waals surface area (Å²) in [6.07, 6.45) is 7.00. The maximum absolute atomic E-state index is 13.2. The predicted octanol–water partition coefficient (Wildman–Crippen LogP) is 5.94. The molecule has 0 spiro atoms. The smallest absolute Gasteiger partial charge is 0.343 e. The van der Waals surface area contributed by atoms with E-state index in [2.05, 4.69) is 6.92 Å². The first kappa shape index (κ1) is 18.5. The minimum Gasteiger partial charge on any atom is -0.423 e. The molecule has 0 atom stereocenters. The van der Waals surface area contributed by atoms with Crippen molar-refractivity contribution in [1.82, 2.24) is 0 Å². The summed E-state index contributed by atoms with van der Waals surface area (Å²) < 4.78 is 44.4. The average molecular weight is 362 g/mol. The molecule has 0 N–H and O–H groups in total. The molecule has 1 fully saturated rings. The number of ether oxygens (including phenoxy) is 1. The number of halogens is 3. The van der Waals surface area contributed by atoms with Gasteiger partial charge in [0.05, 0.1) is 5.56 Å². The molecule has 0 aromatic heterocycles. The SMILES string of the molecule is CCC1(c2ccc(C(=O)Oc3cc(F)c(F)c(F)c3)cc2)CCCCC1. The Morgan fingerprint density at radius 1 is 1.00 bits per heavy atom. The topological polar surface area (TPSA) is 26.3 Å². The van der Waals surface area contributed by atoms with Crippen molar-refractivity contribution in [3.8, 4) is 5.75 Å². The van der Waals surface area contributed by atoms with Gasteiger partial charge in [0.25, 0.3) is 0 Å². The zero-order valence-corrected chi connectivity index (χ0v) is 14.7. The van der Waals surface area contributed by atoms with E-state index in [0.717, 1.165) is 19.3 Å². The summed E-state index contributed by atoms with van der Waals surface area (Å²) in [5.74, 6) is -5.49. The van der Waals surface area contributed by atoms with E-state index in [1.807, 2.05) is 12.1 Å². The predicted molar refractivity (Wildman–Crippen MR) is 92.8 cm³/mol. The third-order valence-corrected chi connectivity index (χ3v) is 5.39. The quantitative estimate of drug-likeness (QED) is 0.382. The van der Waals surface area contributed by atoms with Gasteiger partial charge in [-0.1, -0.05) is 38.3 Å². The Labute approximate surface area is 151 Å². The monoisotopic (exact) mass is 362 g/mol. The Morgan fingerprint density at radius 2 is 1.58 bits per heavy atom. The largest absolute Gasteiger partial charge is 0.423 e. The highest BCUT2D eigenvalue weighted by Gasteiger charge is 2.32. The number of hydrogen-bond acceptors (Lipinski definition) is 2. The van der Waals surface area contributed by atoms with Gasteiger partial charge >= 0.3 is 5.97 Å². The molecule has 0 amide bonds. The Bertz CT molecular complexity index is 770. The molecule has 0 saturated heterocycles. The molecule has 0 aliphatic heterocycles. The van der Waals surface area contributed by atoms with Gasteiger partial charge in [-0.25, -0.2) is 18.0 Å². The molecule has 0 bridgehead atoms. The Morgan fingerprint density at radius 3 is 2.12 bits per heavy atom. The molecule has 0 radical (unpaired) electrons. The number of hydrogen-bond donors (Lipinski definition) is 0. The molecule has 1 aliphatic carbocycles. The zero-order valence-electron chi connectivity index (χ0n) is 14.7. The lowest BCUT2D eigenvalue weighted by Crippen LogP contribution is -2.28. The van der Waals surface area contributed by atoms with E-state index in [0.29, 0.717) is 12.1 Å². The van der Waals surface area contributed by atoms with Gasteiger partial charge in [0.15, 0.2) is 17.5 Å². The van der Waals surface area contributed by atoms with Crippen molar-refractivity contribution in [3.63, 3.8) is 0 Å². The van der Waals surface area contributed by atoms with Crippen molar-refractivity contribution in [1.29, 1.82) is 0 Å². The van der Waals surface area contributed by atoms with E-state index in [1.54, 1.807) is 12.1 Å². The zero-order chi connectivity index (χ0) is 18.7. The molecule has 1 aliphatic rings. The first-order valence-electron chi connectivity index (χ1n) is 8.92. The first-order valence-corrected chi connectivity index (χ1v) is 8.92. The van der Waals surface area contributed by atoms with Crippen LogP contribution in [0.1, 0.15) is 61.4 Å². The van der Waals surface area contributed by atoms with Crippen LogP contribution in [0, 0.1) is 17.5 Å². The molecular formula is C21H21F3O2. The third-order valence-electron chi connectivity index (χ3n) is 5.39. The fourth-order valence-corrected chi connectivity index (χ4v) is 3.79. The molecule has 1 saturated carbocycles. The highest BCUT2D eigenvalue weighted by Crippen LogP contribution is 2.42. The molecule has 138 valence electrons. The molecule has 3 rings (SSSR count). The minimum atomic E-state index is -1.59. The summed E-state index contributed by atoms with van der Waals surface area (Å²) in [4.78, 5) is 12.2. The van der Waals surface area contributed by atoms with Crippen molar-refractivity contribution < 1.29 is 22.7 Å². The van der Waals surface area contributed by atoms with Gasteiger partial charge < -0.3 is 4.74 Å². The summed E-state index contributed by atoms with van der Waals surface area (Å²) in [7, 11) is 0. The second kappa shape index (κ2) is 7.52. The maximum atomic E-state index is 13.2. The summed E-state index contributed by atoms with van der Waals surface area (Å²) in [5.41, 5.74) is 1.64. The second-order valence-corrected chi connectivity index (χ2v) is 6.86. The van der Waals surface area contributed by atoms with Crippen LogP contribution in [-0.4, -0.2) is 5.97 Å². The van der Waals surface area contributed by atoms with Gasteiger partial charge in [-0.15, -0.1) is 0 Å². The van der Waals surface area contributed by atoms with E-state index in [4.69, 9.17) is 4.74 Å². The van der Waals surface area contributed by atoms with Crippen LogP contribution < -0.4 is 4.74 Å².